The molecule has 0 aromatic heterocycles. The highest BCUT2D eigenvalue weighted by Crippen LogP contribution is 2.65. The maximum Gasteiger partial charge on any atom is 0.514 e. The number of likely N-dealkylation sites (N-methyl/N-ethyl adjacent to an activating group) is 1. The molecule has 1 amide bonds. The number of amides is 1. The quantitative estimate of drug-likeness (QED) is 0.215. The lowest BCUT2D eigenvalue weighted by molar-refractivity contribution is -0.176. The fourth-order valence-corrected chi connectivity index (χ4v) is 7.69. The molecule has 274 valence electrons. The van der Waals surface area contributed by atoms with E-state index in [1.54, 1.807) is 84.0 Å². The molecular weight excluding hydrogens is 660 g/mol. The van der Waals surface area contributed by atoms with Crippen LogP contribution >= 0.6 is 0 Å². The number of alkyl carbamates (subject to hydrolysis) is 1. The lowest BCUT2D eigenvalue weighted by atomic mass is 9.50. The molecule has 2 bridgehead atoms. The van der Waals surface area contributed by atoms with Crippen molar-refractivity contribution in [3.8, 4) is 11.5 Å². The standard InChI is InChI=1S/C38H46N2O11/c1-35(2,3)50-33(43)39-19-16-27(41)48-29(22-11-9-8-10-12-22)32(42)46-25-15-17-38(45)26-21-23-13-14-24(47-34(44)51-36(4,5)6)30-28(23)37(38,31(25)49-30)18-20-40(26)7/h8-15,26,29,31,45H,16-21H2,1-7H3,(H,39,43)/t26-,29?,31+,37+,38-/m1/s1. The number of carbonyl (C=O) groups is 4. The van der Waals surface area contributed by atoms with Crippen molar-refractivity contribution in [2.24, 2.45) is 0 Å². The molecule has 2 aliphatic carbocycles. The molecule has 1 spiro atoms. The molecule has 0 saturated carbocycles. The van der Waals surface area contributed by atoms with Crippen molar-refractivity contribution < 1.29 is 52.7 Å². The van der Waals surface area contributed by atoms with Gasteiger partial charge in [-0.3, -0.25) is 4.79 Å². The van der Waals surface area contributed by atoms with Crippen LogP contribution in [0.25, 0.3) is 0 Å². The summed E-state index contributed by atoms with van der Waals surface area (Å²) in [5.74, 6) is -1.03. The van der Waals surface area contributed by atoms with Crippen LogP contribution in [0.2, 0.25) is 0 Å². The van der Waals surface area contributed by atoms with Gasteiger partial charge in [0.05, 0.1) is 17.4 Å². The van der Waals surface area contributed by atoms with E-state index in [1.807, 2.05) is 13.1 Å². The summed E-state index contributed by atoms with van der Waals surface area (Å²) in [6.07, 6.45) is -1.39. The van der Waals surface area contributed by atoms with Gasteiger partial charge < -0.3 is 43.7 Å². The normalized spacial score (nSPS) is 25.3. The number of benzene rings is 2. The Morgan fingerprint density at radius 2 is 1.71 bits per heavy atom. The Morgan fingerprint density at radius 1 is 1.00 bits per heavy atom. The lowest BCUT2D eigenvalue weighted by Gasteiger charge is -2.61. The number of hydrogen-bond acceptors (Lipinski definition) is 12. The first-order valence-corrected chi connectivity index (χ1v) is 17.2. The average Bonchev–Trinajstić information content (AvgIpc) is 3.39. The van der Waals surface area contributed by atoms with Crippen LogP contribution in [0.1, 0.15) is 83.6 Å². The molecule has 6 rings (SSSR count). The molecule has 2 aliphatic heterocycles. The predicted octanol–water partition coefficient (Wildman–Crippen LogP) is 5.02. The van der Waals surface area contributed by atoms with Crippen molar-refractivity contribution in [1.82, 2.24) is 10.2 Å². The first kappa shape index (κ1) is 36.2. The number of carbonyl (C=O) groups excluding carboxylic acids is 4. The number of aliphatic hydroxyl groups is 1. The van der Waals surface area contributed by atoms with E-state index in [-0.39, 0.29) is 42.7 Å². The summed E-state index contributed by atoms with van der Waals surface area (Å²) in [7, 11) is 1.98. The Kier molecular flexibility index (Phi) is 9.34. The maximum absolute atomic E-state index is 14.0. The molecule has 2 N–H and O–H groups in total. The number of hydrogen-bond donors (Lipinski definition) is 2. The molecule has 2 aromatic rings. The lowest BCUT2D eigenvalue weighted by Crippen LogP contribution is -2.74. The van der Waals surface area contributed by atoms with Gasteiger partial charge in [0.15, 0.2) is 17.6 Å². The summed E-state index contributed by atoms with van der Waals surface area (Å²) < 4.78 is 34.6. The summed E-state index contributed by atoms with van der Waals surface area (Å²) in [5.41, 5.74) is -1.78. The van der Waals surface area contributed by atoms with Gasteiger partial charge in [0.2, 0.25) is 6.10 Å². The minimum atomic E-state index is -1.44. The second kappa shape index (κ2) is 13.2. The fraction of sp³-hybridized carbons (Fsp3) is 0.526. The molecule has 2 aromatic carbocycles. The number of ether oxygens (including phenoxy) is 6. The molecule has 2 heterocycles. The zero-order valence-electron chi connectivity index (χ0n) is 30.1. The van der Waals surface area contributed by atoms with E-state index in [9.17, 15) is 24.3 Å². The molecule has 13 nitrogen and oxygen atoms in total. The third kappa shape index (κ3) is 6.88. The van der Waals surface area contributed by atoms with Gasteiger partial charge in [0.25, 0.3) is 0 Å². The first-order valence-electron chi connectivity index (χ1n) is 17.2. The maximum atomic E-state index is 14.0. The largest absolute Gasteiger partial charge is 0.514 e. The van der Waals surface area contributed by atoms with Crippen molar-refractivity contribution in [1.29, 1.82) is 0 Å². The molecule has 1 unspecified atom stereocenters. The number of nitrogens with one attached hydrogen (secondary N) is 1. The second-order valence-corrected chi connectivity index (χ2v) is 15.5. The van der Waals surface area contributed by atoms with Crippen molar-refractivity contribution in [2.75, 3.05) is 20.1 Å². The Balaban J connectivity index is 1.27. The number of nitrogens with zero attached hydrogens (tertiary/aromatic N) is 1. The van der Waals surface area contributed by atoms with Crippen LogP contribution in [-0.4, -0.2) is 83.3 Å². The number of piperidine rings is 1. The first-order chi connectivity index (χ1) is 23.9. The van der Waals surface area contributed by atoms with Crippen LogP contribution < -0.4 is 14.8 Å². The van der Waals surface area contributed by atoms with Crippen LogP contribution in [0, 0.1) is 0 Å². The Hall–Kier alpha value is -4.62. The van der Waals surface area contributed by atoms with E-state index in [0.29, 0.717) is 24.9 Å². The van der Waals surface area contributed by atoms with E-state index in [4.69, 9.17) is 28.4 Å². The van der Waals surface area contributed by atoms with Crippen LogP contribution in [-0.2, 0) is 40.4 Å². The van der Waals surface area contributed by atoms with Gasteiger partial charge in [-0.2, -0.15) is 0 Å². The summed E-state index contributed by atoms with van der Waals surface area (Å²) in [6.45, 7) is 10.9. The van der Waals surface area contributed by atoms with Crippen LogP contribution in [0.4, 0.5) is 9.59 Å². The van der Waals surface area contributed by atoms with Gasteiger partial charge >= 0.3 is 24.2 Å². The van der Waals surface area contributed by atoms with E-state index in [0.717, 1.165) is 11.1 Å². The van der Waals surface area contributed by atoms with E-state index in [1.165, 1.54) is 0 Å². The Bertz CT molecular complexity index is 1740. The van der Waals surface area contributed by atoms with Crippen molar-refractivity contribution in [2.45, 2.75) is 108 Å². The average molecular weight is 707 g/mol. The summed E-state index contributed by atoms with van der Waals surface area (Å²) in [4.78, 5) is 54.0. The minimum Gasteiger partial charge on any atom is -0.477 e. The van der Waals surface area contributed by atoms with Crippen molar-refractivity contribution in [3.05, 3.63) is 71.0 Å². The molecule has 4 aliphatic rings. The third-order valence-corrected chi connectivity index (χ3v) is 9.70. The number of esters is 2. The van der Waals surface area contributed by atoms with Crippen LogP contribution in [0.15, 0.2) is 54.3 Å². The summed E-state index contributed by atoms with van der Waals surface area (Å²) in [5, 5.41) is 15.1. The third-order valence-electron chi connectivity index (χ3n) is 9.70. The smallest absolute Gasteiger partial charge is 0.477 e. The number of likely N-dealkylation sites (tertiary alicyclic amines) is 1. The number of rotatable bonds is 8. The van der Waals surface area contributed by atoms with Gasteiger partial charge in [0.1, 0.15) is 17.0 Å². The monoisotopic (exact) mass is 706 g/mol. The zero-order valence-corrected chi connectivity index (χ0v) is 30.1. The molecule has 0 radical (unpaired) electrons. The highest BCUT2D eigenvalue weighted by atomic mass is 16.7. The van der Waals surface area contributed by atoms with Gasteiger partial charge in [-0.05, 0) is 85.7 Å². The fourth-order valence-electron chi connectivity index (χ4n) is 7.69. The van der Waals surface area contributed by atoms with Crippen molar-refractivity contribution >= 4 is 24.2 Å². The molecule has 1 saturated heterocycles. The zero-order chi connectivity index (χ0) is 36.9. The van der Waals surface area contributed by atoms with E-state index in [2.05, 4.69) is 10.2 Å². The van der Waals surface area contributed by atoms with Gasteiger partial charge in [-0.1, -0.05) is 36.4 Å². The van der Waals surface area contributed by atoms with Crippen molar-refractivity contribution in [3.63, 3.8) is 0 Å². The molecule has 5 atom stereocenters. The summed E-state index contributed by atoms with van der Waals surface area (Å²) in [6, 6.07) is 11.7. The van der Waals surface area contributed by atoms with Crippen LogP contribution in [0.5, 0.6) is 11.5 Å². The predicted molar refractivity (Wildman–Crippen MR) is 182 cm³/mol. The Labute approximate surface area is 297 Å². The molecule has 1 fully saturated rings. The molecule has 51 heavy (non-hydrogen) atoms. The SMILES string of the molecule is CN1CC[C@]23c4c5ccc(OC(=O)OC(C)(C)C)c4O[C@H]2C(OC(=O)C(OC(=O)CCNC(=O)OC(C)(C)C)c2ccccc2)=CC[C@@]3(O)[C@H]1C5. The van der Waals surface area contributed by atoms with Gasteiger partial charge in [-0.25, -0.2) is 14.4 Å². The van der Waals surface area contributed by atoms with Gasteiger partial charge in [0, 0.05) is 30.1 Å². The summed E-state index contributed by atoms with van der Waals surface area (Å²) >= 11 is 0. The van der Waals surface area contributed by atoms with E-state index < -0.39 is 58.6 Å². The Morgan fingerprint density at radius 3 is 2.39 bits per heavy atom. The highest BCUT2D eigenvalue weighted by molar-refractivity contribution is 5.82. The second-order valence-electron chi connectivity index (χ2n) is 15.5. The molecule has 13 heteroatoms. The minimum absolute atomic E-state index is 0.0730. The molecular formula is C38H46N2O11. The topological polar surface area (TPSA) is 159 Å². The highest BCUT2D eigenvalue weighted by Gasteiger charge is 2.72. The van der Waals surface area contributed by atoms with Gasteiger partial charge in [-0.15, -0.1) is 0 Å². The van der Waals surface area contributed by atoms with Crippen LogP contribution in [0.3, 0.4) is 0 Å². The van der Waals surface area contributed by atoms with E-state index >= 15 is 0 Å².